The first kappa shape index (κ1) is 15.8. The molecule has 0 N–H and O–H groups in total. The summed E-state index contributed by atoms with van der Waals surface area (Å²) in [7, 11) is 1.28. The normalized spacial score (nSPS) is 15.0. The van der Waals surface area contributed by atoms with Crippen LogP contribution in [-0.4, -0.2) is 36.5 Å². The first-order valence-corrected chi connectivity index (χ1v) is 7.23. The van der Waals surface area contributed by atoms with E-state index in [1.807, 2.05) is 0 Å². The van der Waals surface area contributed by atoms with Gasteiger partial charge in [0.25, 0.3) is 5.91 Å². The molecule has 2 rings (SSSR count). The standard InChI is InChI=1S/C15H17ClFNO3/c1-21-14(19)9-18(11-4-2-3-5-11)15(20)10-6-7-12(16)13(17)8-10/h6-8,11H,2-5,9H2,1H3. The van der Waals surface area contributed by atoms with Gasteiger partial charge in [0.2, 0.25) is 0 Å². The van der Waals surface area contributed by atoms with Gasteiger partial charge in [0.05, 0.1) is 12.1 Å². The fourth-order valence-electron chi connectivity index (χ4n) is 2.58. The van der Waals surface area contributed by atoms with E-state index in [9.17, 15) is 14.0 Å². The van der Waals surface area contributed by atoms with Crippen molar-refractivity contribution in [2.24, 2.45) is 0 Å². The van der Waals surface area contributed by atoms with Gasteiger partial charge in [-0.15, -0.1) is 0 Å². The SMILES string of the molecule is COC(=O)CN(C(=O)c1ccc(Cl)c(F)c1)C1CCCC1. The van der Waals surface area contributed by atoms with E-state index in [0.29, 0.717) is 0 Å². The van der Waals surface area contributed by atoms with E-state index in [2.05, 4.69) is 4.74 Å². The number of esters is 1. The number of hydrogen-bond donors (Lipinski definition) is 0. The van der Waals surface area contributed by atoms with Gasteiger partial charge in [-0.1, -0.05) is 24.4 Å². The largest absolute Gasteiger partial charge is 0.468 e. The molecule has 0 aromatic heterocycles. The molecule has 0 spiro atoms. The molecule has 114 valence electrons. The Morgan fingerprint density at radius 1 is 1.38 bits per heavy atom. The average molecular weight is 314 g/mol. The number of benzene rings is 1. The zero-order valence-electron chi connectivity index (χ0n) is 11.8. The molecule has 0 heterocycles. The summed E-state index contributed by atoms with van der Waals surface area (Å²) in [5.74, 6) is -1.50. The number of hydrogen-bond acceptors (Lipinski definition) is 3. The Morgan fingerprint density at radius 3 is 2.62 bits per heavy atom. The molecule has 0 radical (unpaired) electrons. The number of ether oxygens (including phenoxy) is 1. The van der Waals surface area contributed by atoms with Crippen LogP contribution in [-0.2, 0) is 9.53 Å². The molecule has 21 heavy (non-hydrogen) atoms. The van der Waals surface area contributed by atoms with E-state index in [1.165, 1.54) is 24.1 Å². The summed E-state index contributed by atoms with van der Waals surface area (Å²) >= 11 is 5.62. The van der Waals surface area contributed by atoms with Crippen LogP contribution in [0.1, 0.15) is 36.0 Å². The molecule has 1 aromatic rings. The summed E-state index contributed by atoms with van der Waals surface area (Å²) in [6.45, 7) is -0.121. The van der Waals surface area contributed by atoms with E-state index in [-0.39, 0.29) is 29.1 Å². The van der Waals surface area contributed by atoms with E-state index in [0.717, 1.165) is 31.7 Å². The minimum absolute atomic E-state index is 0.00432. The molecule has 0 bridgehead atoms. The Balaban J connectivity index is 2.23. The number of carbonyl (C=O) groups excluding carboxylic acids is 2. The predicted octanol–water partition coefficient (Wildman–Crippen LogP) is 3.04. The van der Waals surface area contributed by atoms with Crippen LogP contribution in [0.3, 0.4) is 0 Å². The number of amides is 1. The Hall–Kier alpha value is -1.62. The van der Waals surface area contributed by atoms with E-state index in [4.69, 9.17) is 11.6 Å². The molecule has 6 heteroatoms. The first-order valence-electron chi connectivity index (χ1n) is 6.85. The Morgan fingerprint density at radius 2 is 2.05 bits per heavy atom. The molecule has 1 amide bonds. The molecule has 0 aliphatic heterocycles. The van der Waals surface area contributed by atoms with Crippen LogP contribution in [0.25, 0.3) is 0 Å². The third-order valence-corrected chi connectivity index (χ3v) is 4.03. The summed E-state index contributed by atoms with van der Waals surface area (Å²) in [5.41, 5.74) is 0.188. The Labute approximate surface area is 127 Å². The van der Waals surface area contributed by atoms with Crippen molar-refractivity contribution in [2.45, 2.75) is 31.7 Å². The fourth-order valence-corrected chi connectivity index (χ4v) is 2.70. The third-order valence-electron chi connectivity index (χ3n) is 3.72. The summed E-state index contributed by atoms with van der Waals surface area (Å²) in [4.78, 5) is 25.6. The lowest BCUT2D eigenvalue weighted by Crippen LogP contribution is -2.42. The van der Waals surface area contributed by atoms with Crippen LogP contribution < -0.4 is 0 Å². The monoisotopic (exact) mass is 313 g/mol. The summed E-state index contributed by atoms with van der Waals surface area (Å²) in [5, 5.41) is -0.0352. The highest BCUT2D eigenvalue weighted by atomic mass is 35.5. The van der Waals surface area contributed by atoms with Crippen LogP contribution >= 0.6 is 11.6 Å². The molecule has 1 aliphatic rings. The molecule has 4 nitrogen and oxygen atoms in total. The van der Waals surface area contributed by atoms with Gasteiger partial charge in [0, 0.05) is 11.6 Å². The smallest absolute Gasteiger partial charge is 0.325 e. The highest BCUT2D eigenvalue weighted by Gasteiger charge is 2.29. The number of halogens is 2. The zero-order valence-corrected chi connectivity index (χ0v) is 12.5. The summed E-state index contributed by atoms with van der Waals surface area (Å²) in [6, 6.07) is 3.90. The number of rotatable bonds is 4. The van der Waals surface area contributed by atoms with Crippen molar-refractivity contribution >= 4 is 23.5 Å². The molecule has 1 fully saturated rings. The van der Waals surface area contributed by atoms with Gasteiger partial charge in [-0.2, -0.15) is 0 Å². The molecule has 1 saturated carbocycles. The maximum atomic E-state index is 13.5. The van der Waals surface area contributed by atoms with Crippen LogP contribution in [0.15, 0.2) is 18.2 Å². The van der Waals surface area contributed by atoms with Crippen molar-refractivity contribution in [1.29, 1.82) is 0 Å². The van der Waals surface area contributed by atoms with Gasteiger partial charge in [0.1, 0.15) is 12.4 Å². The molecule has 0 atom stereocenters. The second kappa shape index (κ2) is 6.89. The molecule has 0 unspecified atom stereocenters. The minimum atomic E-state index is -0.646. The van der Waals surface area contributed by atoms with E-state index in [1.54, 1.807) is 0 Å². The van der Waals surface area contributed by atoms with Crippen LogP contribution in [0, 0.1) is 5.82 Å². The van der Waals surface area contributed by atoms with E-state index < -0.39 is 11.8 Å². The zero-order chi connectivity index (χ0) is 15.4. The fraction of sp³-hybridized carbons (Fsp3) is 0.467. The number of carbonyl (C=O) groups is 2. The van der Waals surface area contributed by atoms with E-state index >= 15 is 0 Å². The Kier molecular flexibility index (Phi) is 5.17. The van der Waals surface area contributed by atoms with Gasteiger partial charge in [-0.25, -0.2) is 4.39 Å². The quantitative estimate of drug-likeness (QED) is 0.803. The topological polar surface area (TPSA) is 46.6 Å². The molecule has 1 aromatic carbocycles. The van der Waals surface area contributed by atoms with Gasteiger partial charge >= 0.3 is 5.97 Å². The number of methoxy groups -OCH3 is 1. The van der Waals surface area contributed by atoms with Crippen molar-refractivity contribution in [3.05, 3.63) is 34.6 Å². The van der Waals surface area contributed by atoms with Gasteiger partial charge in [0.15, 0.2) is 0 Å². The van der Waals surface area contributed by atoms with Gasteiger partial charge < -0.3 is 9.64 Å². The maximum absolute atomic E-state index is 13.5. The van der Waals surface area contributed by atoms with Gasteiger partial charge in [-0.05, 0) is 31.0 Å². The highest BCUT2D eigenvalue weighted by Crippen LogP contribution is 2.25. The van der Waals surface area contributed by atoms with Crippen LogP contribution in [0.2, 0.25) is 5.02 Å². The molecule has 0 saturated heterocycles. The Bertz CT molecular complexity index is 544. The van der Waals surface area contributed by atoms with Gasteiger partial charge in [-0.3, -0.25) is 9.59 Å². The van der Waals surface area contributed by atoms with Crippen LogP contribution in [0.5, 0.6) is 0 Å². The predicted molar refractivity (Wildman–Crippen MR) is 76.7 cm³/mol. The van der Waals surface area contributed by atoms with Crippen molar-refractivity contribution in [3.63, 3.8) is 0 Å². The lowest BCUT2D eigenvalue weighted by atomic mass is 10.1. The first-order chi connectivity index (χ1) is 10.0. The summed E-state index contributed by atoms with van der Waals surface area (Å²) < 4.78 is 18.2. The lowest BCUT2D eigenvalue weighted by Gasteiger charge is -2.28. The van der Waals surface area contributed by atoms with Crippen molar-refractivity contribution < 1.29 is 18.7 Å². The summed E-state index contributed by atoms with van der Waals surface area (Å²) in [6.07, 6.45) is 3.73. The molecule has 1 aliphatic carbocycles. The second-order valence-electron chi connectivity index (χ2n) is 5.08. The third kappa shape index (κ3) is 3.73. The maximum Gasteiger partial charge on any atom is 0.325 e. The minimum Gasteiger partial charge on any atom is -0.468 e. The van der Waals surface area contributed by atoms with Crippen molar-refractivity contribution in [2.75, 3.05) is 13.7 Å². The average Bonchev–Trinajstić information content (AvgIpc) is 3.00. The molecular weight excluding hydrogens is 297 g/mol. The highest BCUT2D eigenvalue weighted by molar-refractivity contribution is 6.30. The molecular formula is C15H17ClFNO3. The number of nitrogens with zero attached hydrogens (tertiary/aromatic N) is 1. The lowest BCUT2D eigenvalue weighted by molar-refractivity contribution is -0.141. The van der Waals surface area contributed by atoms with Crippen molar-refractivity contribution in [3.8, 4) is 0 Å². The van der Waals surface area contributed by atoms with Crippen molar-refractivity contribution in [1.82, 2.24) is 4.90 Å². The second-order valence-corrected chi connectivity index (χ2v) is 5.48. The van der Waals surface area contributed by atoms with Crippen LogP contribution in [0.4, 0.5) is 4.39 Å².